The molecule has 9 heteroatoms. The normalized spacial score (nSPS) is 18.9. The Morgan fingerprint density at radius 3 is 2.59 bits per heavy atom. The largest absolute Gasteiger partial charge is 0.485 e. The van der Waals surface area contributed by atoms with E-state index in [1.807, 2.05) is 17.0 Å². The fourth-order valence-electron chi connectivity index (χ4n) is 3.26. The summed E-state index contributed by atoms with van der Waals surface area (Å²) in [7, 11) is 0. The maximum absolute atomic E-state index is 12.8. The number of hydrogen-bond donors (Lipinski definition) is 0. The summed E-state index contributed by atoms with van der Waals surface area (Å²) in [5.74, 6) is 1.39. The molecule has 2 aliphatic heterocycles. The molecule has 9 nitrogen and oxygen atoms in total. The Bertz CT molecular complexity index is 866. The first kappa shape index (κ1) is 17.1. The van der Waals surface area contributed by atoms with E-state index in [1.54, 1.807) is 23.1 Å². The molecule has 0 spiro atoms. The molecule has 1 amide bonds. The number of ether oxygens (including phenoxy) is 2. The van der Waals surface area contributed by atoms with Gasteiger partial charge in [-0.05, 0) is 18.2 Å². The van der Waals surface area contributed by atoms with Crippen molar-refractivity contribution in [1.29, 1.82) is 0 Å². The zero-order chi connectivity index (χ0) is 18.8. The van der Waals surface area contributed by atoms with Crippen LogP contribution in [0.1, 0.15) is 0 Å². The molecule has 0 bridgehead atoms. The van der Waals surface area contributed by atoms with E-state index >= 15 is 0 Å². The molecule has 1 aromatic carbocycles. The van der Waals surface area contributed by atoms with Crippen molar-refractivity contribution >= 4 is 17.4 Å². The van der Waals surface area contributed by atoms with Gasteiger partial charge in [-0.3, -0.25) is 14.9 Å². The van der Waals surface area contributed by atoms with Crippen molar-refractivity contribution in [2.45, 2.75) is 6.10 Å². The minimum Gasteiger partial charge on any atom is -0.485 e. The van der Waals surface area contributed by atoms with Gasteiger partial charge < -0.3 is 19.3 Å². The van der Waals surface area contributed by atoms with E-state index in [2.05, 4.69) is 4.98 Å². The van der Waals surface area contributed by atoms with Gasteiger partial charge in [0.05, 0.1) is 4.92 Å². The highest BCUT2D eigenvalue weighted by molar-refractivity contribution is 5.82. The Morgan fingerprint density at radius 2 is 1.85 bits per heavy atom. The first-order valence-corrected chi connectivity index (χ1v) is 8.65. The van der Waals surface area contributed by atoms with Crippen LogP contribution in [0.3, 0.4) is 0 Å². The number of aromatic nitrogens is 1. The molecule has 2 aliphatic rings. The predicted octanol–water partition coefficient (Wildman–Crippen LogP) is 1.48. The predicted molar refractivity (Wildman–Crippen MR) is 96.0 cm³/mol. The van der Waals surface area contributed by atoms with Gasteiger partial charge >= 0.3 is 5.69 Å². The molecule has 4 rings (SSSR count). The van der Waals surface area contributed by atoms with E-state index in [9.17, 15) is 14.9 Å². The third-order valence-corrected chi connectivity index (χ3v) is 4.64. The first-order chi connectivity index (χ1) is 13.1. The minimum atomic E-state index is -0.685. The van der Waals surface area contributed by atoms with E-state index < -0.39 is 11.0 Å². The number of carbonyl (C=O) groups is 1. The second-order valence-corrected chi connectivity index (χ2v) is 6.28. The van der Waals surface area contributed by atoms with Crippen LogP contribution in [0.2, 0.25) is 0 Å². The summed E-state index contributed by atoms with van der Waals surface area (Å²) < 4.78 is 11.4. The summed E-state index contributed by atoms with van der Waals surface area (Å²) in [6, 6.07) is 10.2. The van der Waals surface area contributed by atoms with Crippen LogP contribution in [-0.4, -0.2) is 59.6 Å². The van der Waals surface area contributed by atoms with E-state index in [4.69, 9.17) is 9.47 Å². The summed E-state index contributed by atoms with van der Waals surface area (Å²) in [4.78, 5) is 31.2. The zero-order valence-electron chi connectivity index (χ0n) is 14.5. The number of nitro groups is 1. The highest BCUT2D eigenvalue weighted by atomic mass is 16.6. The van der Waals surface area contributed by atoms with Crippen LogP contribution >= 0.6 is 0 Å². The molecular formula is C18H18N4O5. The Balaban J connectivity index is 1.40. The van der Waals surface area contributed by atoms with Gasteiger partial charge in [0.1, 0.15) is 6.61 Å². The topological polar surface area (TPSA) is 98.0 Å². The number of fused-ring (bicyclic) bond motifs is 1. The maximum Gasteiger partial charge on any atom is 0.311 e. The summed E-state index contributed by atoms with van der Waals surface area (Å²) in [6.45, 7) is 1.98. The van der Waals surface area contributed by atoms with Gasteiger partial charge in [0.15, 0.2) is 11.5 Å². The average Bonchev–Trinajstić information content (AvgIpc) is 2.73. The number of piperazine rings is 1. The summed E-state index contributed by atoms with van der Waals surface area (Å²) in [6.07, 6.45) is 0.848. The molecule has 0 N–H and O–H groups in total. The third kappa shape index (κ3) is 3.35. The van der Waals surface area contributed by atoms with Gasteiger partial charge in [-0.2, -0.15) is 0 Å². The van der Waals surface area contributed by atoms with Crippen LogP contribution in [0.25, 0.3) is 0 Å². The second kappa shape index (κ2) is 7.10. The van der Waals surface area contributed by atoms with Gasteiger partial charge in [-0.1, -0.05) is 12.1 Å². The number of carbonyl (C=O) groups excluding carboxylic acids is 1. The first-order valence-electron chi connectivity index (χ1n) is 8.65. The Kier molecular flexibility index (Phi) is 4.49. The molecule has 1 unspecified atom stereocenters. The lowest BCUT2D eigenvalue weighted by atomic mass is 10.2. The van der Waals surface area contributed by atoms with Gasteiger partial charge in [0.25, 0.3) is 5.91 Å². The van der Waals surface area contributed by atoms with Gasteiger partial charge in [-0.25, -0.2) is 4.98 Å². The Labute approximate surface area is 155 Å². The molecule has 2 aromatic rings. The quantitative estimate of drug-likeness (QED) is 0.596. The number of amides is 1. The van der Waals surface area contributed by atoms with Crippen LogP contribution in [0, 0.1) is 10.1 Å². The number of hydrogen-bond acceptors (Lipinski definition) is 7. The molecule has 0 saturated carbocycles. The molecule has 140 valence electrons. The molecule has 27 heavy (non-hydrogen) atoms. The third-order valence-electron chi connectivity index (χ3n) is 4.64. The Morgan fingerprint density at radius 1 is 1.11 bits per heavy atom. The lowest BCUT2D eigenvalue weighted by Crippen LogP contribution is -2.54. The lowest BCUT2D eigenvalue weighted by Gasteiger charge is -2.37. The number of rotatable bonds is 3. The molecule has 1 atom stereocenters. The van der Waals surface area contributed by atoms with E-state index in [-0.39, 0.29) is 18.2 Å². The number of benzene rings is 1. The molecule has 1 fully saturated rings. The van der Waals surface area contributed by atoms with Crippen LogP contribution in [0.15, 0.2) is 42.6 Å². The van der Waals surface area contributed by atoms with E-state index in [0.29, 0.717) is 43.5 Å². The zero-order valence-corrected chi connectivity index (χ0v) is 14.5. The SMILES string of the molecule is O=C(C1COc2ccccc2O1)N1CCN(c2ncccc2[N+](=O)[O-])CC1. The van der Waals surface area contributed by atoms with Crippen molar-refractivity contribution in [2.75, 3.05) is 37.7 Å². The highest BCUT2D eigenvalue weighted by Gasteiger charge is 2.33. The molecule has 3 heterocycles. The average molecular weight is 370 g/mol. The van der Waals surface area contributed by atoms with Crippen LogP contribution in [0.5, 0.6) is 11.5 Å². The lowest BCUT2D eigenvalue weighted by molar-refractivity contribution is -0.384. The highest BCUT2D eigenvalue weighted by Crippen LogP contribution is 2.31. The van der Waals surface area contributed by atoms with Crippen molar-refractivity contribution in [3.8, 4) is 11.5 Å². The molecule has 0 radical (unpaired) electrons. The monoisotopic (exact) mass is 370 g/mol. The van der Waals surface area contributed by atoms with E-state index in [0.717, 1.165) is 0 Å². The van der Waals surface area contributed by atoms with E-state index in [1.165, 1.54) is 12.3 Å². The molecule has 1 aromatic heterocycles. The number of para-hydroxylation sites is 2. The minimum absolute atomic E-state index is 0.0297. The van der Waals surface area contributed by atoms with Gasteiger partial charge in [-0.15, -0.1) is 0 Å². The van der Waals surface area contributed by atoms with Crippen LogP contribution < -0.4 is 14.4 Å². The van der Waals surface area contributed by atoms with Gasteiger partial charge in [0.2, 0.25) is 11.9 Å². The van der Waals surface area contributed by atoms with Crippen molar-refractivity contribution in [3.05, 3.63) is 52.7 Å². The summed E-state index contributed by atoms with van der Waals surface area (Å²) in [5, 5.41) is 11.2. The fourth-order valence-corrected chi connectivity index (χ4v) is 3.26. The van der Waals surface area contributed by atoms with Crippen LogP contribution in [-0.2, 0) is 4.79 Å². The number of nitrogens with zero attached hydrogens (tertiary/aromatic N) is 4. The van der Waals surface area contributed by atoms with Crippen molar-refractivity contribution in [3.63, 3.8) is 0 Å². The van der Waals surface area contributed by atoms with Crippen molar-refractivity contribution < 1.29 is 19.2 Å². The van der Waals surface area contributed by atoms with Crippen LogP contribution in [0.4, 0.5) is 11.5 Å². The Hall–Kier alpha value is -3.36. The second-order valence-electron chi connectivity index (χ2n) is 6.28. The number of pyridine rings is 1. The summed E-state index contributed by atoms with van der Waals surface area (Å²) in [5.41, 5.74) is -0.0297. The van der Waals surface area contributed by atoms with Crippen molar-refractivity contribution in [1.82, 2.24) is 9.88 Å². The molecule has 1 saturated heterocycles. The standard InChI is InChI=1S/C18H18N4O5/c23-18(16-12-26-14-5-1-2-6-15(14)27-16)21-10-8-20(9-11-21)17-13(22(24)25)4-3-7-19-17/h1-7,16H,8-12H2. The maximum atomic E-state index is 12.8. The summed E-state index contributed by atoms with van der Waals surface area (Å²) >= 11 is 0. The number of anilines is 1. The molecule has 0 aliphatic carbocycles. The van der Waals surface area contributed by atoms with Gasteiger partial charge in [0, 0.05) is 38.4 Å². The fraction of sp³-hybridized carbons (Fsp3) is 0.333. The smallest absolute Gasteiger partial charge is 0.311 e. The molecular weight excluding hydrogens is 352 g/mol. The van der Waals surface area contributed by atoms with Crippen molar-refractivity contribution in [2.24, 2.45) is 0 Å².